The number of hydrogen-bond acceptors (Lipinski definition) is 2. The highest BCUT2D eigenvalue weighted by atomic mass is 16.3. The molecule has 0 aliphatic heterocycles. The second-order valence-corrected chi connectivity index (χ2v) is 6.38. The smallest absolute Gasteiger partial charge is 0.0537 e. The lowest BCUT2D eigenvalue weighted by atomic mass is 10.0. The van der Waals surface area contributed by atoms with Crippen molar-refractivity contribution in [3.8, 4) is 0 Å². The summed E-state index contributed by atoms with van der Waals surface area (Å²) in [6, 6.07) is 0. The molecule has 0 heterocycles. The van der Waals surface area contributed by atoms with Crippen LogP contribution in [-0.2, 0) is 0 Å². The molecule has 0 fully saturated rings. The third-order valence-electron chi connectivity index (χ3n) is 4.13. The number of aliphatic hydroxyl groups is 2. The summed E-state index contributed by atoms with van der Waals surface area (Å²) < 4.78 is 0. The highest BCUT2D eigenvalue weighted by Gasteiger charge is 1.99. The maximum absolute atomic E-state index is 9.44. The van der Waals surface area contributed by atoms with Gasteiger partial charge in [0.2, 0.25) is 0 Å². The lowest BCUT2D eigenvalue weighted by Crippen LogP contribution is -2.03. The minimum atomic E-state index is -0.117. The van der Waals surface area contributed by atoms with Crippen LogP contribution in [0.3, 0.4) is 0 Å². The number of unbranched alkanes of at least 4 members (excludes halogenated alkanes) is 10. The van der Waals surface area contributed by atoms with Crippen molar-refractivity contribution in [1.29, 1.82) is 0 Å². The predicted octanol–water partition coefficient (Wildman–Crippen LogP) is 5.21. The van der Waals surface area contributed by atoms with Gasteiger partial charge in [-0.15, -0.1) is 0 Å². The maximum Gasteiger partial charge on any atom is 0.0537 e. The fourth-order valence-corrected chi connectivity index (χ4v) is 2.61. The van der Waals surface area contributed by atoms with Gasteiger partial charge in [-0.2, -0.15) is 0 Å². The molecule has 2 nitrogen and oxygen atoms in total. The van der Waals surface area contributed by atoms with E-state index in [4.69, 9.17) is 5.11 Å². The second kappa shape index (κ2) is 15.3. The highest BCUT2D eigenvalue weighted by Crippen LogP contribution is 2.13. The molecular formula is C18H38O2. The topological polar surface area (TPSA) is 40.5 Å². The molecule has 20 heavy (non-hydrogen) atoms. The first kappa shape index (κ1) is 19.9. The van der Waals surface area contributed by atoms with Gasteiger partial charge >= 0.3 is 0 Å². The van der Waals surface area contributed by atoms with Gasteiger partial charge in [-0.1, -0.05) is 77.6 Å². The van der Waals surface area contributed by atoms with Crippen LogP contribution in [0, 0.1) is 0 Å². The van der Waals surface area contributed by atoms with E-state index in [1.54, 1.807) is 0 Å². The van der Waals surface area contributed by atoms with Crippen LogP contribution in [0.5, 0.6) is 0 Å². The van der Waals surface area contributed by atoms with Crippen LogP contribution < -0.4 is 0 Å². The fraction of sp³-hybridized carbons (Fsp3) is 1.00. The zero-order chi connectivity index (χ0) is 15.1. The molecule has 0 aromatic rings. The Morgan fingerprint density at radius 1 is 0.600 bits per heavy atom. The average molecular weight is 286 g/mol. The summed E-state index contributed by atoms with van der Waals surface area (Å²) >= 11 is 0. The Morgan fingerprint density at radius 2 is 0.950 bits per heavy atom. The lowest BCUT2D eigenvalue weighted by molar-refractivity contribution is 0.156. The summed E-state index contributed by atoms with van der Waals surface area (Å²) in [5, 5.41) is 18.6. The number of aliphatic hydroxyl groups excluding tert-OH is 2. The average Bonchev–Trinajstić information content (AvgIpc) is 2.43. The Labute approximate surface area is 127 Å². The van der Waals surface area contributed by atoms with Crippen molar-refractivity contribution >= 4 is 0 Å². The molecule has 122 valence electrons. The van der Waals surface area contributed by atoms with Gasteiger partial charge in [-0.3, -0.25) is 0 Å². The SMILES string of the molecule is CCC(O)CCCCCCCCCCCCCC(C)O. The van der Waals surface area contributed by atoms with E-state index in [0.29, 0.717) is 0 Å². The van der Waals surface area contributed by atoms with Gasteiger partial charge in [0, 0.05) is 0 Å². The van der Waals surface area contributed by atoms with Crippen molar-refractivity contribution in [3.05, 3.63) is 0 Å². The molecule has 0 radical (unpaired) electrons. The van der Waals surface area contributed by atoms with Gasteiger partial charge in [-0.25, -0.2) is 0 Å². The second-order valence-electron chi connectivity index (χ2n) is 6.38. The molecule has 0 aliphatic rings. The summed E-state index contributed by atoms with van der Waals surface area (Å²) in [7, 11) is 0. The van der Waals surface area contributed by atoms with E-state index in [2.05, 4.69) is 6.92 Å². The molecule has 2 atom stereocenters. The van der Waals surface area contributed by atoms with E-state index in [1.807, 2.05) is 6.92 Å². The van der Waals surface area contributed by atoms with Crippen molar-refractivity contribution < 1.29 is 10.2 Å². The monoisotopic (exact) mass is 286 g/mol. The zero-order valence-electron chi connectivity index (χ0n) is 13.9. The molecule has 2 unspecified atom stereocenters. The predicted molar refractivity (Wildman–Crippen MR) is 88.0 cm³/mol. The van der Waals surface area contributed by atoms with Crippen molar-refractivity contribution in [3.63, 3.8) is 0 Å². The summed E-state index contributed by atoms with van der Waals surface area (Å²) in [4.78, 5) is 0. The normalized spacial score (nSPS) is 14.4. The first-order valence-electron chi connectivity index (χ1n) is 9.03. The molecule has 0 spiro atoms. The van der Waals surface area contributed by atoms with Crippen LogP contribution in [0.4, 0.5) is 0 Å². The summed E-state index contributed by atoms with van der Waals surface area (Å²) in [6.07, 6.45) is 17.2. The van der Waals surface area contributed by atoms with Crippen LogP contribution in [0.1, 0.15) is 104 Å². The van der Waals surface area contributed by atoms with Gasteiger partial charge in [0.05, 0.1) is 12.2 Å². The molecule has 2 heteroatoms. The quantitative estimate of drug-likeness (QED) is 0.406. The van der Waals surface area contributed by atoms with Gasteiger partial charge in [-0.05, 0) is 26.2 Å². The fourth-order valence-electron chi connectivity index (χ4n) is 2.61. The van der Waals surface area contributed by atoms with Crippen LogP contribution in [0.25, 0.3) is 0 Å². The van der Waals surface area contributed by atoms with Gasteiger partial charge in [0.15, 0.2) is 0 Å². The summed E-state index contributed by atoms with van der Waals surface area (Å²) in [5.41, 5.74) is 0. The largest absolute Gasteiger partial charge is 0.393 e. The van der Waals surface area contributed by atoms with Crippen molar-refractivity contribution in [2.75, 3.05) is 0 Å². The molecule has 0 bridgehead atoms. The molecule has 0 aliphatic carbocycles. The Hall–Kier alpha value is -0.0800. The molecule has 2 N–H and O–H groups in total. The van der Waals surface area contributed by atoms with E-state index in [-0.39, 0.29) is 12.2 Å². The molecule has 0 saturated heterocycles. The van der Waals surface area contributed by atoms with Crippen molar-refractivity contribution in [2.45, 2.75) is 116 Å². The lowest BCUT2D eigenvalue weighted by Gasteiger charge is -2.07. The Morgan fingerprint density at radius 3 is 1.30 bits per heavy atom. The third kappa shape index (κ3) is 16.0. The summed E-state index contributed by atoms with van der Waals surface area (Å²) in [6.45, 7) is 3.93. The first-order valence-corrected chi connectivity index (χ1v) is 9.03. The molecular weight excluding hydrogens is 248 g/mol. The Balaban J connectivity index is 2.99. The van der Waals surface area contributed by atoms with Crippen LogP contribution in [0.15, 0.2) is 0 Å². The number of rotatable bonds is 15. The van der Waals surface area contributed by atoms with Gasteiger partial charge in [0.1, 0.15) is 0 Å². The standard InChI is InChI=1S/C18H38O2/c1-3-18(20)16-14-12-10-8-6-4-5-7-9-11-13-15-17(2)19/h17-20H,3-16H2,1-2H3. The van der Waals surface area contributed by atoms with Crippen LogP contribution in [0.2, 0.25) is 0 Å². The Kier molecular flexibility index (Phi) is 15.3. The Bertz CT molecular complexity index is 180. The van der Waals surface area contributed by atoms with E-state index >= 15 is 0 Å². The van der Waals surface area contributed by atoms with Crippen LogP contribution in [-0.4, -0.2) is 22.4 Å². The third-order valence-corrected chi connectivity index (χ3v) is 4.13. The van der Waals surface area contributed by atoms with E-state index in [1.165, 1.54) is 70.6 Å². The molecule has 0 amide bonds. The minimum absolute atomic E-state index is 0.0659. The minimum Gasteiger partial charge on any atom is -0.393 e. The molecule has 0 rings (SSSR count). The highest BCUT2D eigenvalue weighted by molar-refractivity contribution is 4.54. The van der Waals surface area contributed by atoms with Crippen LogP contribution >= 0.6 is 0 Å². The summed E-state index contributed by atoms with van der Waals surface area (Å²) in [5.74, 6) is 0. The van der Waals surface area contributed by atoms with E-state index < -0.39 is 0 Å². The van der Waals surface area contributed by atoms with E-state index in [9.17, 15) is 5.11 Å². The maximum atomic E-state index is 9.44. The molecule has 0 aromatic carbocycles. The van der Waals surface area contributed by atoms with Gasteiger partial charge < -0.3 is 10.2 Å². The van der Waals surface area contributed by atoms with Crippen molar-refractivity contribution in [2.24, 2.45) is 0 Å². The number of hydrogen-bond donors (Lipinski definition) is 2. The van der Waals surface area contributed by atoms with Gasteiger partial charge in [0.25, 0.3) is 0 Å². The molecule has 0 saturated carbocycles. The van der Waals surface area contributed by atoms with E-state index in [0.717, 1.165) is 19.3 Å². The first-order chi connectivity index (χ1) is 9.66. The molecule has 0 aromatic heterocycles. The zero-order valence-corrected chi connectivity index (χ0v) is 13.9. The van der Waals surface area contributed by atoms with Crippen molar-refractivity contribution in [1.82, 2.24) is 0 Å².